The van der Waals surface area contributed by atoms with Crippen LogP contribution in [0.3, 0.4) is 0 Å². The van der Waals surface area contributed by atoms with Gasteiger partial charge in [-0.3, -0.25) is 14.7 Å². The Bertz CT molecular complexity index is 552. The molecular weight excluding hydrogens is 268 g/mol. The highest BCUT2D eigenvalue weighted by Gasteiger charge is 2.56. The van der Waals surface area contributed by atoms with E-state index in [2.05, 4.69) is 9.88 Å². The fourth-order valence-corrected chi connectivity index (χ4v) is 3.20. The Morgan fingerprint density at radius 3 is 2.57 bits per heavy atom. The van der Waals surface area contributed by atoms with Crippen LogP contribution in [0.2, 0.25) is 0 Å². The Hall–Kier alpha value is -1.95. The predicted octanol–water partition coefficient (Wildman–Crippen LogP) is 0.940. The van der Waals surface area contributed by atoms with Crippen molar-refractivity contribution in [3.05, 3.63) is 30.1 Å². The number of likely N-dealkylation sites (N-methyl/N-ethyl adjacent to an activating group) is 1. The summed E-state index contributed by atoms with van der Waals surface area (Å²) in [5.74, 6) is -0.0630. The molecule has 1 aromatic rings. The fraction of sp³-hybridized carbons (Fsp3) is 0.533. The molecule has 21 heavy (non-hydrogen) atoms. The first kappa shape index (κ1) is 14.0. The molecule has 0 aliphatic carbocycles. The van der Waals surface area contributed by atoms with Gasteiger partial charge in [0, 0.05) is 32.5 Å². The maximum absolute atomic E-state index is 12.8. The lowest BCUT2D eigenvalue weighted by atomic mass is 9.86. The number of likely N-dealkylation sites (tertiary alicyclic amines) is 1. The molecule has 6 heteroatoms. The van der Waals surface area contributed by atoms with Crippen LogP contribution in [-0.2, 0) is 11.3 Å². The van der Waals surface area contributed by atoms with Crippen molar-refractivity contribution < 1.29 is 9.59 Å². The maximum atomic E-state index is 12.8. The van der Waals surface area contributed by atoms with Gasteiger partial charge in [0.2, 0.25) is 0 Å². The molecule has 2 aliphatic heterocycles. The number of amides is 3. The number of aromatic nitrogens is 1. The van der Waals surface area contributed by atoms with Crippen molar-refractivity contribution in [3.63, 3.8) is 0 Å². The number of carbonyl (C=O) groups is 2. The molecule has 0 aromatic carbocycles. The highest BCUT2D eigenvalue weighted by molar-refractivity contribution is 6.06. The molecule has 0 bridgehead atoms. The zero-order valence-electron chi connectivity index (χ0n) is 12.5. The number of hydrogen-bond acceptors (Lipinski definition) is 4. The fourth-order valence-electron chi connectivity index (χ4n) is 3.20. The van der Waals surface area contributed by atoms with Gasteiger partial charge in [0.25, 0.3) is 5.91 Å². The molecule has 0 saturated carbocycles. The summed E-state index contributed by atoms with van der Waals surface area (Å²) in [6, 6.07) is 3.50. The monoisotopic (exact) mass is 288 g/mol. The van der Waals surface area contributed by atoms with Crippen LogP contribution < -0.4 is 0 Å². The number of nitrogens with zero attached hydrogens (tertiary/aromatic N) is 4. The summed E-state index contributed by atoms with van der Waals surface area (Å²) < 4.78 is 0. The van der Waals surface area contributed by atoms with E-state index in [0.29, 0.717) is 19.4 Å². The smallest absolute Gasteiger partial charge is 0.312 e. The third kappa shape index (κ3) is 2.19. The number of piperidine rings is 1. The minimum absolute atomic E-state index is 0.0630. The van der Waals surface area contributed by atoms with Crippen LogP contribution in [-0.4, -0.2) is 64.3 Å². The van der Waals surface area contributed by atoms with Crippen molar-refractivity contribution in [1.29, 1.82) is 0 Å². The SMILES string of the molecule is CN1CCC2(CC1)C(=O)N(Cc1cccnc1)C(=O)N2C. The van der Waals surface area contributed by atoms with Gasteiger partial charge in [-0.2, -0.15) is 0 Å². The van der Waals surface area contributed by atoms with Crippen molar-refractivity contribution in [2.75, 3.05) is 27.2 Å². The van der Waals surface area contributed by atoms with Crippen molar-refractivity contribution in [2.24, 2.45) is 0 Å². The Morgan fingerprint density at radius 1 is 1.24 bits per heavy atom. The zero-order chi connectivity index (χ0) is 15.0. The maximum Gasteiger partial charge on any atom is 0.327 e. The van der Waals surface area contributed by atoms with E-state index < -0.39 is 5.54 Å². The lowest BCUT2D eigenvalue weighted by Crippen LogP contribution is -2.54. The summed E-state index contributed by atoms with van der Waals surface area (Å²) in [7, 11) is 3.79. The van der Waals surface area contributed by atoms with Gasteiger partial charge in [-0.1, -0.05) is 6.07 Å². The van der Waals surface area contributed by atoms with Gasteiger partial charge in [-0.15, -0.1) is 0 Å². The van der Waals surface area contributed by atoms with Crippen LogP contribution in [0.5, 0.6) is 0 Å². The highest BCUT2D eigenvalue weighted by Crippen LogP contribution is 2.36. The second-order valence-corrected chi connectivity index (χ2v) is 5.93. The van der Waals surface area contributed by atoms with E-state index in [-0.39, 0.29) is 11.9 Å². The summed E-state index contributed by atoms with van der Waals surface area (Å²) in [5, 5.41) is 0. The van der Waals surface area contributed by atoms with E-state index in [0.717, 1.165) is 18.7 Å². The summed E-state index contributed by atoms with van der Waals surface area (Å²) in [6.07, 6.45) is 4.78. The second kappa shape index (κ2) is 5.11. The van der Waals surface area contributed by atoms with Crippen molar-refractivity contribution in [2.45, 2.75) is 24.9 Å². The van der Waals surface area contributed by atoms with Gasteiger partial charge < -0.3 is 9.80 Å². The Kier molecular flexibility index (Phi) is 3.41. The Balaban J connectivity index is 1.84. The highest BCUT2D eigenvalue weighted by atomic mass is 16.2. The van der Waals surface area contributed by atoms with Gasteiger partial charge in [0.05, 0.1) is 6.54 Å². The average Bonchev–Trinajstić information content (AvgIpc) is 2.67. The second-order valence-electron chi connectivity index (χ2n) is 5.93. The quantitative estimate of drug-likeness (QED) is 0.760. The van der Waals surface area contributed by atoms with E-state index in [9.17, 15) is 9.59 Å². The first-order valence-corrected chi connectivity index (χ1v) is 7.22. The molecule has 2 aliphatic rings. The standard InChI is InChI=1S/C15H20N4O2/c1-17-8-5-15(6-9-17)13(20)19(14(21)18(15)2)11-12-4-3-7-16-10-12/h3-4,7,10H,5-6,8-9,11H2,1-2H3. The van der Waals surface area contributed by atoms with E-state index in [4.69, 9.17) is 0 Å². The van der Waals surface area contributed by atoms with Gasteiger partial charge in [0.1, 0.15) is 5.54 Å². The van der Waals surface area contributed by atoms with E-state index in [1.54, 1.807) is 24.3 Å². The zero-order valence-corrected chi connectivity index (χ0v) is 12.5. The topological polar surface area (TPSA) is 56.8 Å². The molecule has 2 saturated heterocycles. The summed E-state index contributed by atoms with van der Waals surface area (Å²) >= 11 is 0. The molecule has 3 rings (SSSR count). The number of urea groups is 1. The van der Waals surface area contributed by atoms with Gasteiger partial charge in [-0.25, -0.2) is 4.79 Å². The van der Waals surface area contributed by atoms with E-state index in [1.807, 2.05) is 19.2 Å². The minimum atomic E-state index is -0.647. The Labute approximate surface area is 124 Å². The average molecular weight is 288 g/mol. The molecule has 2 fully saturated rings. The van der Waals surface area contributed by atoms with Crippen molar-refractivity contribution >= 4 is 11.9 Å². The number of hydrogen-bond donors (Lipinski definition) is 0. The molecule has 6 nitrogen and oxygen atoms in total. The lowest BCUT2D eigenvalue weighted by Gasteiger charge is -2.39. The minimum Gasteiger partial charge on any atom is -0.312 e. The lowest BCUT2D eigenvalue weighted by molar-refractivity contribution is -0.135. The molecule has 3 heterocycles. The van der Waals surface area contributed by atoms with Gasteiger partial charge in [0.15, 0.2) is 0 Å². The molecule has 112 valence electrons. The van der Waals surface area contributed by atoms with Crippen LogP contribution in [0.15, 0.2) is 24.5 Å². The third-order valence-corrected chi connectivity index (χ3v) is 4.68. The first-order valence-electron chi connectivity index (χ1n) is 7.22. The largest absolute Gasteiger partial charge is 0.327 e. The molecule has 0 unspecified atom stereocenters. The van der Waals surface area contributed by atoms with Crippen LogP contribution >= 0.6 is 0 Å². The van der Waals surface area contributed by atoms with Crippen LogP contribution in [0.4, 0.5) is 4.79 Å². The van der Waals surface area contributed by atoms with Gasteiger partial charge >= 0.3 is 6.03 Å². The number of imide groups is 1. The molecule has 0 N–H and O–H groups in total. The van der Waals surface area contributed by atoms with Crippen LogP contribution in [0, 0.1) is 0 Å². The summed E-state index contributed by atoms with van der Waals surface area (Å²) in [4.78, 5) is 34.5. The molecule has 0 radical (unpaired) electrons. The van der Waals surface area contributed by atoms with Gasteiger partial charge in [-0.05, 0) is 31.5 Å². The summed E-state index contributed by atoms with van der Waals surface area (Å²) in [6.45, 7) is 1.97. The normalized spacial score (nSPS) is 22.4. The molecule has 0 atom stereocenters. The van der Waals surface area contributed by atoms with E-state index >= 15 is 0 Å². The third-order valence-electron chi connectivity index (χ3n) is 4.68. The Morgan fingerprint density at radius 2 is 1.95 bits per heavy atom. The van der Waals surface area contributed by atoms with Crippen LogP contribution in [0.1, 0.15) is 18.4 Å². The number of rotatable bonds is 2. The first-order chi connectivity index (χ1) is 10.0. The predicted molar refractivity (Wildman–Crippen MR) is 77.4 cm³/mol. The van der Waals surface area contributed by atoms with Crippen molar-refractivity contribution in [1.82, 2.24) is 19.7 Å². The molecule has 1 spiro atoms. The number of pyridine rings is 1. The molecule has 3 amide bonds. The van der Waals surface area contributed by atoms with E-state index in [1.165, 1.54) is 4.90 Å². The molecule has 1 aromatic heterocycles. The molecular formula is C15H20N4O2. The van der Waals surface area contributed by atoms with Crippen molar-refractivity contribution in [3.8, 4) is 0 Å². The van der Waals surface area contributed by atoms with Crippen LogP contribution in [0.25, 0.3) is 0 Å². The number of carbonyl (C=O) groups excluding carboxylic acids is 2. The summed E-state index contributed by atoms with van der Waals surface area (Å²) in [5.41, 5.74) is 0.226.